The van der Waals surface area contributed by atoms with Crippen molar-refractivity contribution in [3.63, 3.8) is 0 Å². The number of cyclic esters (lactones) is 1. The van der Waals surface area contributed by atoms with Crippen molar-refractivity contribution in [3.05, 3.63) is 107 Å². The number of aliphatic hydroxyl groups excluding tert-OH is 1. The number of hydrogen-bond donors (Lipinski definition) is 2. The maximum absolute atomic E-state index is 13.9. The summed E-state index contributed by atoms with van der Waals surface area (Å²) in [5, 5.41) is 21.9. The Morgan fingerprint density at radius 1 is 1.05 bits per heavy atom. The molecule has 0 aliphatic carbocycles. The molecule has 3 heterocycles. The highest BCUT2D eigenvalue weighted by Crippen LogP contribution is 2.45. The first kappa shape index (κ1) is 28.6. The molecule has 43 heavy (non-hydrogen) atoms. The van der Waals surface area contributed by atoms with Crippen molar-refractivity contribution in [3.8, 4) is 0 Å². The van der Waals surface area contributed by atoms with Crippen LogP contribution in [-0.4, -0.2) is 58.8 Å². The van der Waals surface area contributed by atoms with Gasteiger partial charge in [0.2, 0.25) is 5.91 Å². The number of nitrogens with zero attached hydrogens (tertiary/aromatic N) is 3. The molecule has 3 aliphatic rings. The van der Waals surface area contributed by atoms with Crippen LogP contribution in [0.15, 0.2) is 84.9 Å². The molecule has 0 aromatic heterocycles. The van der Waals surface area contributed by atoms with Crippen molar-refractivity contribution in [2.45, 2.75) is 44.5 Å². The zero-order chi connectivity index (χ0) is 30.1. The van der Waals surface area contributed by atoms with Crippen molar-refractivity contribution < 1.29 is 29.3 Å². The zero-order valence-corrected chi connectivity index (χ0v) is 24.1. The molecule has 1 fully saturated rings. The van der Waals surface area contributed by atoms with Crippen LogP contribution in [0.25, 0.3) is 0 Å². The van der Waals surface area contributed by atoms with E-state index in [-0.39, 0.29) is 37.6 Å². The van der Waals surface area contributed by atoms with Gasteiger partial charge in [-0.1, -0.05) is 73.7 Å². The quantitative estimate of drug-likeness (QED) is 0.391. The number of amides is 3. The molecular weight excluding hydrogens is 546 g/mol. The molecule has 0 unspecified atom stereocenters. The molecule has 1 saturated heterocycles. The van der Waals surface area contributed by atoms with Crippen molar-refractivity contribution in [2.75, 3.05) is 29.6 Å². The lowest BCUT2D eigenvalue weighted by Crippen LogP contribution is -2.46. The molecule has 3 aromatic carbocycles. The first-order valence-corrected chi connectivity index (χ1v) is 14.6. The first-order valence-electron chi connectivity index (χ1n) is 14.6. The van der Waals surface area contributed by atoms with Crippen LogP contribution in [0.3, 0.4) is 0 Å². The molecule has 3 amide bonds. The first-order chi connectivity index (χ1) is 20.8. The molecule has 0 saturated carbocycles. The molecule has 3 atom stereocenters. The SMILES string of the molecule is C[C@H](/C=C/CC(=O)N1Cc2ccccc2C[C@H]1CO)[C@@]1(O)C(=O)N(Cc2ccc(N3CCOC3=O)cc2)c2ccccc21. The van der Waals surface area contributed by atoms with Gasteiger partial charge in [0, 0.05) is 30.1 Å². The molecule has 9 heteroatoms. The third-order valence-electron chi connectivity index (χ3n) is 8.79. The van der Waals surface area contributed by atoms with E-state index in [1.807, 2.05) is 60.7 Å². The minimum Gasteiger partial charge on any atom is -0.447 e. The fraction of sp³-hybridized carbons (Fsp3) is 0.324. The standard InChI is InChI=1S/C34H35N3O6/c1-23(7-6-12-31(39)36-21-26-9-3-2-8-25(26)19-28(36)22-38)34(42)29-10-4-5-11-30(29)37(32(34)40)20-24-13-15-27(16-14-24)35-17-18-43-33(35)41/h2-11,13-16,23,28,38,42H,12,17-22H2,1H3/b7-6+/t23-,28+,34+/m1/s1. The summed E-state index contributed by atoms with van der Waals surface area (Å²) in [5.74, 6) is -1.16. The van der Waals surface area contributed by atoms with Crippen molar-refractivity contribution in [1.29, 1.82) is 0 Å². The van der Waals surface area contributed by atoms with Gasteiger partial charge in [-0.05, 0) is 41.3 Å². The van der Waals surface area contributed by atoms with Gasteiger partial charge in [-0.2, -0.15) is 0 Å². The number of rotatable bonds is 8. The monoisotopic (exact) mass is 581 g/mol. The van der Waals surface area contributed by atoms with Crippen LogP contribution in [0, 0.1) is 5.92 Å². The third kappa shape index (κ3) is 5.19. The Bertz CT molecular complexity index is 1570. The van der Waals surface area contributed by atoms with E-state index in [1.54, 1.807) is 45.9 Å². The van der Waals surface area contributed by atoms with E-state index in [2.05, 4.69) is 0 Å². The lowest BCUT2D eigenvalue weighted by atomic mass is 9.83. The number of fused-ring (bicyclic) bond motifs is 2. The Morgan fingerprint density at radius 3 is 2.49 bits per heavy atom. The highest BCUT2D eigenvalue weighted by molar-refractivity contribution is 6.07. The van der Waals surface area contributed by atoms with E-state index >= 15 is 0 Å². The maximum atomic E-state index is 13.9. The summed E-state index contributed by atoms with van der Waals surface area (Å²) in [6, 6.07) is 22.3. The molecule has 2 N–H and O–H groups in total. The largest absolute Gasteiger partial charge is 0.447 e. The second-order valence-electron chi connectivity index (χ2n) is 11.4. The second-order valence-corrected chi connectivity index (χ2v) is 11.4. The van der Waals surface area contributed by atoms with Gasteiger partial charge in [-0.25, -0.2) is 4.79 Å². The second kappa shape index (κ2) is 11.7. The molecule has 0 bridgehead atoms. The minimum atomic E-state index is -1.80. The van der Waals surface area contributed by atoms with Gasteiger partial charge >= 0.3 is 6.09 Å². The van der Waals surface area contributed by atoms with E-state index in [0.29, 0.717) is 37.4 Å². The average Bonchev–Trinajstić information content (AvgIpc) is 3.56. The van der Waals surface area contributed by atoms with Crippen LogP contribution < -0.4 is 9.80 Å². The van der Waals surface area contributed by atoms with Gasteiger partial charge in [0.1, 0.15) is 6.61 Å². The molecule has 3 aliphatic heterocycles. The van der Waals surface area contributed by atoms with Crippen LogP contribution in [0.5, 0.6) is 0 Å². The van der Waals surface area contributed by atoms with Crippen LogP contribution in [-0.2, 0) is 39.4 Å². The van der Waals surface area contributed by atoms with Gasteiger partial charge in [-0.15, -0.1) is 0 Å². The maximum Gasteiger partial charge on any atom is 0.414 e. The zero-order valence-electron chi connectivity index (χ0n) is 24.1. The highest BCUT2D eigenvalue weighted by atomic mass is 16.6. The summed E-state index contributed by atoms with van der Waals surface area (Å²) < 4.78 is 5.02. The summed E-state index contributed by atoms with van der Waals surface area (Å²) >= 11 is 0. The van der Waals surface area contributed by atoms with Crippen molar-refractivity contribution >= 4 is 29.3 Å². The van der Waals surface area contributed by atoms with E-state index < -0.39 is 17.4 Å². The van der Waals surface area contributed by atoms with Gasteiger partial charge in [-0.3, -0.25) is 14.5 Å². The number of carbonyl (C=O) groups is 3. The minimum absolute atomic E-state index is 0.0928. The van der Waals surface area contributed by atoms with Crippen LogP contribution in [0.1, 0.15) is 35.6 Å². The summed E-state index contributed by atoms with van der Waals surface area (Å²) in [5.41, 5.74) is 3.15. The number of benzene rings is 3. The predicted molar refractivity (Wildman–Crippen MR) is 161 cm³/mol. The van der Waals surface area contributed by atoms with Crippen LogP contribution >= 0.6 is 0 Å². The molecule has 6 rings (SSSR count). The lowest BCUT2D eigenvalue weighted by molar-refractivity contribution is -0.139. The number of ether oxygens (including phenoxy) is 1. The van der Waals surface area contributed by atoms with Gasteiger partial charge < -0.3 is 24.7 Å². The fourth-order valence-corrected chi connectivity index (χ4v) is 6.32. The predicted octanol–water partition coefficient (Wildman–Crippen LogP) is 3.91. The van der Waals surface area contributed by atoms with Gasteiger partial charge in [0.15, 0.2) is 5.60 Å². The molecule has 0 spiro atoms. The lowest BCUT2D eigenvalue weighted by Gasteiger charge is -2.36. The number of hydrogen-bond acceptors (Lipinski definition) is 6. The van der Waals surface area contributed by atoms with E-state index in [9.17, 15) is 24.6 Å². The third-order valence-corrected chi connectivity index (χ3v) is 8.79. The summed E-state index contributed by atoms with van der Waals surface area (Å²) in [6.07, 6.45) is 3.76. The molecular formula is C34H35N3O6. The van der Waals surface area contributed by atoms with Crippen LogP contribution in [0.4, 0.5) is 16.2 Å². The highest BCUT2D eigenvalue weighted by Gasteiger charge is 2.52. The Hall–Kier alpha value is -4.47. The smallest absolute Gasteiger partial charge is 0.414 e. The Morgan fingerprint density at radius 2 is 1.77 bits per heavy atom. The molecule has 9 nitrogen and oxygen atoms in total. The van der Waals surface area contributed by atoms with E-state index in [4.69, 9.17) is 4.74 Å². The van der Waals surface area contributed by atoms with E-state index in [0.717, 1.165) is 22.4 Å². The molecule has 0 radical (unpaired) electrons. The van der Waals surface area contributed by atoms with E-state index in [1.165, 1.54) is 0 Å². The Labute approximate surface area is 250 Å². The Kier molecular flexibility index (Phi) is 7.77. The topological polar surface area (TPSA) is 111 Å². The summed E-state index contributed by atoms with van der Waals surface area (Å²) in [4.78, 5) is 43.8. The normalized spacial score (nSPS) is 22.1. The summed E-state index contributed by atoms with van der Waals surface area (Å²) in [7, 11) is 0. The van der Waals surface area contributed by atoms with Crippen molar-refractivity contribution in [1.82, 2.24) is 4.90 Å². The number of carbonyl (C=O) groups excluding carboxylic acids is 3. The van der Waals surface area contributed by atoms with Gasteiger partial charge in [0.25, 0.3) is 5.91 Å². The fourth-order valence-electron chi connectivity index (χ4n) is 6.32. The van der Waals surface area contributed by atoms with Crippen molar-refractivity contribution in [2.24, 2.45) is 5.92 Å². The number of anilines is 2. The average molecular weight is 582 g/mol. The van der Waals surface area contributed by atoms with Gasteiger partial charge in [0.05, 0.1) is 31.4 Å². The Balaban J connectivity index is 1.16. The molecule has 3 aromatic rings. The van der Waals surface area contributed by atoms with Crippen LogP contribution in [0.2, 0.25) is 0 Å². The summed E-state index contributed by atoms with van der Waals surface area (Å²) in [6.45, 7) is 3.20. The number of para-hydroxylation sites is 1. The number of aliphatic hydroxyl groups is 2. The molecule has 222 valence electrons.